The molecule has 2 atom stereocenters. The van der Waals surface area contributed by atoms with Gasteiger partial charge in [-0.25, -0.2) is 0 Å². The fourth-order valence-corrected chi connectivity index (χ4v) is 3.87. The molecule has 0 saturated heterocycles. The first kappa shape index (κ1) is 16.0. The normalized spacial score (nSPS) is 29.7. The molecule has 2 aliphatic carbocycles. The highest BCUT2D eigenvalue weighted by Gasteiger charge is 2.42. The summed E-state index contributed by atoms with van der Waals surface area (Å²) in [5.74, 6) is 1.32. The van der Waals surface area contributed by atoms with Gasteiger partial charge in [-0.2, -0.15) is 0 Å². The molecule has 0 bridgehead atoms. The fraction of sp³-hybridized carbons (Fsp3) is 0.500. The Morgan fingerprint density at radius 1 is 1.13 bits per heavy atom. The van der Waals surface area contributed by atoms with E-state index in [-0.39, 0.29) is 17.0 Å². The van der Waals surface area contributed by atoms with Crippen LogP contribution in [0.5, 0.6) is 5.75 Å². The zero-order valence-electron chi connectivity index (χ0n) is 14.1. The number of methoxy groups -OCH3 is 1. The lowest BCUT2D eigenvalue weighted by Gasteiger charge is -2.37. The van der Waals surface area contributed by atoms with Gasteiger partial charge in [-0.05, 0) is 61.9 Å². The van der Waals surface area contributed by atoms with E-state index in [1.807, 2.05) is 38.1 Å². The number of allylic oxidation sites excluding steroid dienone is 2. The number of carbonyl (C=O) groups excluding carboxylic acids is 2. The Kier molecular flexibility index (Phi) is 3.91. The first-order valence-corrected chi connectivity index (χ1v) is 8.31. The Labute approximate surface area is 137 Å². The van der Waals surface area contributed by atoms with Crippen LogP contribution in [0.25, 0.3) is 0 Å². The van der Waals surface area contributed by atoms with E-state index in [2.05, 4.69) is 0 Å². The third kappa shape index (κ3) is 2.62. The molecule has 0 N–H and O–H groups in total. The molecule has 0 radical (unpaired) electrons. The summed E-state index contributed by atoms with van der Waals surface area (Å²) in [6.45, 7) is 4.05. The van der Waals surface area contributed by atoms with Crippen LogP contribution in [-0.4, -0.2) is 18.7 Å². The van der Waals surface area contributed by atoms with Crippen LogP contribution < -0.4 is 4.74 Å². The second-order valence-electron chi connectivity index (χ2n) is 7.31. The third-order valence-corrected chi connectivity index (χ3v) is 5.75. The lowest BCUT2D eigenvalue weighted by Crippen LogP contribution is -2.39. The highest BCUT2D eigenvalue weighted by molar-refractivity contribution is 5.97. The van der Waals surface area contributed by atoms with Crippen LogP contribution in [0.4, 0.5) is 0 Å². The van der Waals surface area contributed by atoms with Gasteiger partial charge in [0.05, 0.1) is 12.5 Å². The zero-order chi connectivity index (χ0) is 16.7. The van der Waals surface area contributed by atoms with Crippen LogP contribution in [0.15, 0.2) is 30.4 Å². The summed E-state index contributed by atoms with van der Waals surface area (Å²) in [5, 5.41) is 0. The number of hydrogen-bond acceptors (Lipinski definition) is 3. The molecule has 1 unspecified atom stereocenters. The summed E-state index contributed by atoms with van der Waals surface area (Å²) in [4.78, 5) is 24.8. The molecule has 0 fully saturated rings. The average molecular weight is 312 g/mol. The highest BCUT2D eigenvalue weighted by Crippen LogP contribution is 2.44. The van der Waals surface area contributed by atoms with E-state index in [9.17, 15) is 9.59 Å². The molecule has 0 spiro atoms. The van der Waals surface area contributed by atoms with Crippen molar-refractivity contribution in [3.05, 3.63) is 41.5 Å². The predicted octanol–water partition coefficient (Wildman–Crippen LogP) is 3.78. The van der Waals surface area contributed by atoms with Gasteiger partial charge in [0.2, 0.25) is 0 Å². The topological polar surface area (TPSA) is 43.4 Å². The Morgan fingerprint density at radius 2 is 1.91 bits per heavy atom. The van der Waals surface area contributed by atoms with Gasteiger partial charge in [0.1, 0.15) is 11.5 Å². The summed E-state index contributed by atoms with van der Waals surface area (Å²) in [5.41, 5.74) is 1.48. The van der Waals surface area contributed by atoms with Gasteiger partial charge in [0, 0.05) is 11.8 Å². The molecule has 0 heterocycles. The van der Waals surface area contributed by atoms with Crippen LogP contribution in [0.3, 0.4) is 0 Å². The number of Topliss-reactive ketones (excluding diaryl/α,β-unsaturated/α-hetero) is 1. The van der Waals surface area contributed by atoms with Crippen molar-refractivity contribution in [2.45, 2.75) is 51.4 Å². The molecule has 0 amide bonds. The molecule has 23 heavy (non-hydrogen) atoms. The van der Waals surface area contributed by atoms with Crippen molar-refractivity contribution in [3.8, 4) is 5.75 Å². The van der Waals surface area contributed by atoms with Crippen LogP contribution >= 0.6 is 0 Å². The summed E-state index contributed by atoms with van der Waals surface area (Å²) in [6, 6.07) is 6.01. The first-order chi connectivity index (χ1) is 10.9. The lowest BCUT2D eigenvalue weighted by atomic mass is 9.65. The molecule has 2 aliphatic rings. The fourth-order valence-electron chi connectivity index (χ4n) is 3.87. The number of hydrogen-bond donors (Lipinski definition) is 0. The average Bonchev–Trinajstić information content (AvgIpc) is 2.89. The minimum absolute atomic E-state index is 0.194. The Hall–Kier alpha value is -1.90. The molecule has 3 nitrogen and oxygen atoms in total. The van der Waals surface area contributed by atoms with Crippen molar-refractivity contribution in [2.75, 3.05) is 7.11 Å². The maximum Gasteiger partial charge on any atom is 0.161 e. The lowest BCUT2D eigenvalue weighted by molar-refractivity contribution is -0.127. The molecule has 3 heteroatoms. The van der Waals surface area contributed by atoms with Gasteiger partial charge in [-0.15, -0.1) is 0 Å². The molecule has 0 aliphatic heterocycles. The van der Waals surface area contributed by atoms with E-state index in [4.69, 9.17) is 4.74 Å². The molecule has 0 saturated carbocycles. The van der Waals surface area contributed by atoms with E-state index < -0.39 is 5.41 Å². The number of rotatable bonds is 4. The SMILES string of the molecule is COc1ccc2c(c1)CCC(=O)C2(C)CC[C@@]1(C)CC=CC1=O. The quantitative estimate of drug-likeness (QED) is 0.849. The van der Waals surface area contributed by atoms with Gasteiger partial charge < -0.3 is 4.74 Å². The molecule has 1 aromatic carbocycles. The van der Waals surface area contributed by atoms with Gasteiger partial charge >= 0.3 is 0 Å². The number of carbonyl (C=O) groups is 2. The molecule has 122 valence electrons. The van der Waals surface area contributed by atoms with Crippen LogP contribution in [0.2, 0.25) is 0 Å². The van der Waals surface area contributed by atoms with Gasteiger partial charge in [0.25, 0.3) is 0 Å². The molecule has 1 aromatic rings. The molecule has 0 aromatic heterocycles. The van der Waals surface area contributed by atoms with E-state index in [1.165, 1.54) is 5.56 Å². The molecule has 3 rings (SSSR count). The smallest absolute Gasteiger partial charge is 0.161 e. The zero-order valence-corrected chi connectivity index (χ0v) is 14.1. The Morgan fingerprint density at radius 3 is 2.57 bits per heavy atom. The Bertz CT molecular complexity index is 688. The summed E-state index contributed by atoms with van der Waals surface area (Å²) < 4.78 is 5.31. The summed E-state index contributed by atoms with van der Waals surface area (Å²) in [6.07, 6.45) is 7.22. The van der Waals surface area contributed by atoms with Gasteiger partial charge in [-0.1, -0.05) is 19.1 Å². The highest BCUT2D eigenvalue weighted by atomic mass is 16.5. The van der Waals surface area contributed by atoms with E-state index in [0.29, 0.717) is 6.42 Å². The van der Waals surface area contributed by atoms with Crippen molar-refractivity contribution in [2.24, 2.45) is 5.41 Å². The number of fused-ring (bicyclic) bond motifs is 1. The third-order valence-electron chi connectivity index (χ3n) is 5.75. The van der Waals surface area contributed by atoms with Crippen molar-refractivity contribution in [3.63, 3.8) is 0 Å². The molecular formula is C20H24O3. The minimum atomic E-state index is -0.494. The van der Waals surface area contributed by atoms with E-state index >= 15 is 0 Å². The van der Waals surface area contributed by atoms with Crippen molar-refractivity contribution >= 4 is 11.6 Å². The maximum absolute atomic E-state index is 12.7. The largest absolute Gasteiger partial charge is 0.497 e. The summed E-state index contributed by atoms with van der Waals surface area (Å²) in [7, 11) is 1.66. The first-order valence-electron chi connectivity index (χ1n) is 8.31. The number of ketones is 2. The second-order valence-corrected chi connectivity index (χ2v) is 7.31. The van der Waals surface area contributed by atoms with E-state index in [0.717, 1.165) is 37.0 Å². The minimum Gasteiger partial charge on any atom is -0.497 e. The van der Waals surface area contributed by atoms with Crippen molar-refractivity contribution in [1.29, 1.82) is 0 Å². The van der Waals surface area contributed by atoms with Crippen LogP contribution in [0, 0.1) is 5.41 Å². The van der Waals surface area contributed by atoms with Gasteiger partial charge in [-0.3, -0.25) is 9.59 Å². The Balaban J connectivity index is 1.88. The predicted molar refractivity (Wildman–Crippen MR) is 89.8 cm³/mol. The van der Waals surface area contributed by atoms with Crippen LogP contribution in [-0.2, 0) is 21.4 Å². The van der Waals surface area contributed by atoms with Crippen molar-refractivity contribution in [1.82, 2.24) is 0 Å². The summed E-state index contributed by atoms with van der Waals surface area (Å²) >= 11 is 0. The second kappa shape index (κ2) is 5.63. The van der Waals surface area contributed by atoms with Gasteiger partial charge in [0.15, 0.2) is 5.78 Å². The number of benzene rings is 1. The van der Waals surface area contributed by atoms with E-state index in [1.54, 1.807) is 13.2 Å². The monoisotopic (exact) mass is 312 g/mol. The maximum atomic E-state index is 12.7. The number of ether oxygens (including phenoxy) is 1. The number of aryl methyl sites for hydroxylation is 1. The van der Waals surface area contributed by atoms with Crippen LogP contribution in [0.1, 0.15) is 50.7 Å². The van der Waals surface area contributed by atoms with Crippen molar-refractivity contribution < 1.29 is 14.3 Å². The standard InChI is InChI=1S/C20H24O3/c1-19(10-4-5-17(19)21)11-12-20(2)16-8-7-15(23-3)13-14(16)6-9-18(20)22/h4-5,7-8,13H,6,9-12H2,1-3H3/t19-,20?/m1/s1. The molecular weight excluding hydrogens is 288 g/mol.